The van der Waals surface area contributed by atoms with Crippen molar-refractivity contribution in [2.45, 2.75) is 34.6 Å². The Morgan fingerprint density at radius 3 is 1.68 bits per heavy atom. The SMILES string of the molecule is C=CC1=C(/C=C\C)N(CC(=C)C)C(/C=C\C)=C(C=C)C1(C)C. The van der Waals surface area contributed by atoms with Crippen LogP contribution in [-0.4, -0.2) is 11.4 Å². The van der Waals surface area contributed by atoms with Crippen molar-refractivity contribution in [2.75, 3.05) is 6.54 Å². The lowest BCUT2D eigenvalue weighted by atomic mass is 9.72. The quantitative estimate of drug-likeness (QED) is 0.548. The molecule has 0 atom stereocenters. The van der Waals surface area contributed by atoms with Crippen LogP contribution in [-0.2, 0) is 0 Å². The first-order valence-electron chi connectivity index (χ1n) is 7.76. The van der Waals surface area contributed by atoms with E-state index in [2.05, 4.69) is 69.7 Å². The van der Waals surface area contributed by atoms with Crippen molar-refractivity contribution in [1.29, 1.82) is 0 Å². The zero-order chi connectivity index (χ0) is 16.9. The Morgan fingerprint density at radius 1 is 1.00 bits per heavy atom. The minimum Gasteiger partial charge on any atom is -0.337 e. The summed E-state index contributed by atoms with van der Waals surface area (Å²) in [5, 5.41) is 0. The topological polar surface area (TPSA) is 3.24 Å². The summed E-state index contributed by atoms with van der Waals surface area (Å²) in [5.74, 6) is 0. The largest absolute Gasteiger partial charge is 0.337 e. The molecule has 0 fully saturated rings. The van der Waals surface area contributed by atoms with Crippen molar-refractivity contribution >= 4 is 0 Å². The van der Waals surface area contributed by atoms with Crippen LogP contribution in [0.1, 0.15) is 34.6 Å². The molecule has 0 unspecified atom stereocenters. The van der Waals surface area contributed by atoms with Crippen molar-refractivity contribution in [1.82, 2.24) is 4.90 Å². The van der Waals surface area contributed by atoms with Gasteiger partial charge in [-0.1, -0.05) is 63.5 Å². The molecule has 0 amide bonds. The molecule has 118 valence electrons. The van der Waals surface area contributed by atoms with Gasteiger partial charge in [0.05, 0.1) is 0 Å². The molecule has 0 spiro atoms. The van der Waals surface area contributed by atoms with Gasteiger partial charge in [0.1, 0.15) is 0 Å². The van der Waals surface area contributed by atoms with E-state index in [0.717, 1.165) is 12.1 Å². The lowest BCUT2D eigenvalue weighted by molar-refractivity contribution is 0.412. The summed E-state index contributed by atoms with van der Waals surface area (Å²) in [6, 6.07) is 0. The maximum Gasteiger partial charge on any atom is 0.0451 e. The molecule has 22 heavy (non-hydrogen) atoms. The van der Waals surface area contributed by atoms with Crippen LogP contribution in [0.4, 0.5) is 0 Å². The Bertz CT molecular complexity index is 547. The standard InChI is InChI=1S/C21H29N/c1-9-13-19-17(11-3)21(7,8)18(12-4)20(14-10-2)22(19)15-16(5)6/h9-14H,3-5,15H2,1-2,6-8H3/b13-9-,14-10-. The van der Waals surface area contributed by atoms with Gasteiger partial charge in [-0.3, -0.25) is 0 Å². The summed E-state index contributed by atoms with van der Waals surface area (Å²) >= 11 is 0. The maximum absolute atomic E-state index is 4.09. The number of hydrogen-bond acceptors (Lipinski definition) is 1. The average Bonchev–Trinajstić information content (AvgIpc) is 2.43. The highest BCUT2D eigenvalue weighted by Crippen LogP contribution is 2.46. The summed E-state index contributed by atoms with van der Waals surface area (Å²) in [4.78, 5) is 2.31. The highest BCUT2D eigenvalue weighted by atomic mass is 15.2. The first-order valence-corrected chi connectivity index (χ1v) is 7.76. The Labute approximate surface area is 136 Å². The summed E-state index contributed by atoms with van der Waals surface area (Å²) in [6.45, 7) is 23.6. The smallest absolute Gasteiger partial charge is 0.0451 e. The van der Waals surface area contributed by atoms with E-state index in [1.54, 1.807) is 0 Å². The van der Waals surface area contributed by atoms with Crippen LogP contribution in [0.2, 0.25) is 0 Å². The first kappa shape index (κ1) is 18.0. The van der Waals surface area contributed by atoms with E-state index in [4.69, 9.17) is 0 Å². The van der Waals surface area contributed by atoms with E-state index in [9.17, 15) is 0 Å². The van der Waals surface area contributed by atoms with Crippen molar-refractivity contribution in [2.24, 2.45) is 5.41 Å². The lowest BCUT2D eigenvalue weighted by Gasteiger charge is -2.42. The third-order valence-electron chi connectivity index (χ3n) is 3.97. The molecular formula is C21H29N. The predicted octanol–water partition coefficient (Wildman–Crippen LogP) is 5.94. The van der Waals surface area contributed by atoms with E-state index in [-0.39, 0.29) is 5.41 Å². The molecule has 0 N–H and O–H groups in total. The van der Waals surface area contributed by atoms with Crippen molar-refractivity contribution < 1.29 is 0 Å². The highest BCUT2D eigenvalue weighted by molar-refractivity contribution is 5.54. The van der Waals surface area contributed by atoms with Crippen LogP contribution < -0.4 is 0 Å². The zero-order valence-corrected chi connectivity index (χ0v) is 14.7. The molecule has 0 saturated carbocycles. The fourth-order valence-corrected chi connectivity index (χ4v) is 3.04. The molecule has 1 aliphatic rings. The van der Waals surface area contributed by atoms with Crippen LogP contribution in [0.3, 0.4) is 0 Å². The zero-order valence-electron chi connectivity index (χ0n) is 14.7. The highest BCUT2D eigenvalue weighted by Gasteiger charge is 2.36. The van der Waals surface area contributed by atoms with Gasteiger partial charge in [0.15, 0.2) is 0 Å². The molecule has 1 heterocycles. The van der Waals surface area contributed by atoms with Crippen LogP contribution in [0.25, 0.3) is 0 Å². The second kappa shape index (κ2) is 7.31. The normalized spacial score (nSPS) is 18.5. The molecule has 0 bridgehead atoms. The molecule has 1 aliphatic heterocycles. The molecular weight excluding hydrogens is 266 g/mol. The van der Waals surface area contributed by atoms with Gasteiger partial charge < -0.3 is 4.90 Å². The van der Waals surface area contributed by atoms with E-state index in [0.29, 0.717) is 0 Å². The fraction of sp³-hybridized carbons (Fsp3) is 0.333. The number of nitrogens with zero attached hydrogens (tertiary/aromatic N) is 1. The minimum atomic E-state index is -0.126. The van der Waals surface area contributed by atoms with Gasteiger partial charge in [0.2, 0.25) is 0 Å². The van der Waals surface area contributed by atoms with E-state index < -0.39 is 0 Å². The summed E-state index contributed by atoms with van der Waals surface area (Å²) in [5.41, 5.74) is 5.80. The van der Waals surface area contributed by atoms with E-state index in [1.165, 1.54) is 22.5 Å². The molecule has 0 aromatic heterocycles. The number of hydrogen-bond donors (Lipinski definition) is 0. The predicted molar refractivity (Wildman–Crippen MR) is 99.4 cm³/mol. The fourth-order valence-electron chi connectivity index (χ4n) is 3.04. The first-order chi connectivity index (χ1) is 10.3. The summed E-state index contributed by atoms with van der Waals surface area (Å²) in [7, 11) is 0. The Kier molecular flexibility index (Phi) is 5.99. The van der Waals surface area contributed by atoms with Crippen LogP contribution in [0, 0.1) is 5.41 Å². The monoisotopic (exact) mass is 295 g/mol. The molecule has 1 rings (SSSR count). The average molecular weight is 295 g/mol. The summed E-state index contributed by atoms with van der Waals surface area (Å²) in [6.07, 6.45) is 12.4. The van der Waals surface area contributed by atoms with Crippen molar-refractivity contribution in [3.8, 4) is 0 Å². The Hall–Kier alpha value is -2.02. The van der Waals surface area contributed by atoms with Gasteiger partial charge in [0.25, 0.3) is 0 Å². The second-order valence-corrected chi connectivity index (χ2v) is 6.17. The number of allylic oxidation sites excluding steroid dienone is 8. The molecule has 0 aromatic rings. The minimum absolute atomic E-state index is 0.126. The van der Waals surface area contributed by atoms with Crippen molar-refractivity contribution in [3.05, 3.63) is 84.3 Å². The Morgan fingerprint density at radius 2 is 1.41 bits per heavy atom. The number of rotatable bonds is 6. The van der Waals surface area contributed by atoms with Gasteiger partial charge >= 0.3 is 0 Å². The van der Waals surface area contributed by atoms with Gasteiger partial charge in [-0.25, -0.2) is 0 Å². The molecule has 0 radical (unpaired) electrons. The van der Waals surface area contributed by atoms with E-state index >= 15 is 0 Å². The third-order valence-corrected chi connectivity index (χ3v) is 3.97. The van der Waals surface area contributed by atoms with Gasteiger partial charge in [-0.15, -0.1) is 0 Å². The Balaban J connectivity index is 3.75. The third kappa shape index (κ3) is 3.24. The summed E-state index contributed by atoms with van der Waals surface area (Å²) < 4.78 is 0. The molecule has 0 aliphatic carbocycles. The molecule has 0 saturated heterocycles. The van der Waals surface area contributed by atoms with Gasteiger partial charge in [-0.05, 0) is 44.1 Å². The maximum atomic E-state index is 4.09. The van der Waals surface area contributed by atoms with Crippen LogP contribution in [0.15, 0.2) is 84.3 Å². The van der Waals surface area contributed by atoms with Crippen LogP contribution in [0.5, 0.6) is 0 Å². The van der Waals surface area contributed by atoms with Crippen molar-refractivity contribution in [3.63, 3.8) is 0 Å². The van der Waals surface area contributed by atoms with Gasteiger partial charge in [-0.2, -0.15) is 0 Å². The van der Waals surface area contributed by atoms with Crippen LogP contribution >= 0.6 is 0 Å². The molecule has 1 nitrogen and oxygen atoms in total. The second-order valence-electron chi connectivity index (χ2n) is 6.17. The lowest BCUT2D eigenvalue weighted by Crippen LogP contribution is -2.35. The van der Waals surface area contributed by atoms with Gasteiger partial charge in [0, 0.05) is 23.4 Å². The molecule has 1 heteroatoms. The molecule has 0 aromatic carbocycles. The van der Waals surface area contributed by atoms with E-state index in [1.807, 2.05) is 26.0 Å².